The molecule has 1 spiro atoms. The minimum atomic E-state index is 0.0730. The molecule has 1 fully saturated rings. The molecule has 2 nitrogen and oxygen atoms in total. The molecule has 0 unspecified atom stereocenters. The van der Waals surface area contributed by atoms with E-state index in [1.54, 1.807) is 7.11 Å². The van der Waals surface area contributed by atoms with Gasteiger partial charge in [-0.1, -0.05) is 82.4 Å². The summed E-state index contributed by atoms with van der Waals surface area (Å²) in [6, 6.07) is 6.20. The molecule has 3 aliphatic carbocycles. The van der Waals surface area contributed by atoms with Crippen LogP contribution in [0, 0.1) is 16.7 Å². The molecule has 4 rings (SSSR count). The molecule has 0 aromatic heterocycles. The summed E-state index contributed by atoms with van der Waals surface area (Å²) in [5.74, 6) is 1.64. The van der Waals surface area contributed by atoms with Gasteiger partial charge in [0.2, 0.25) is 0 Å². The van der Waals surface area contributed by atoms with Gasteiger partial charge in [0.1, 0.15) is 11.5 Å². The summed E-state index contributed by atoms with van der Waals surface area (Å²) in [5.41, 5.74) is 4.47. The molecular formula is C29H38O2. The Bertz CT molecular complexity index is 1040. The first-order valence-corrected chi connectivity index (χ1v) is 12.0. The van der Waals surface area contributed by atoms with Crippen LogP contribution in [-0.4, -0.2) is 12.2 Å². The van der Waals surface area contributed by atoms with Gasteiger partial charge in [0.05, 0.1) is 7.11 Å². The van der Waals surface area contributed by atoms with Crippen LogP contribution >= 0.6 is 0 Å². The van der Waals surface area contributed by atoms with E-state index in [2.05, 4.69) is 45.6 Å². The first-order valence-electron chi connectivity index (χ1n) is 12.0. The van der Waals surface area contributed by atoms with E-state index in [0.717, 1.165) is 17.4 Å². The molecule has 0 bridgehead atoms. The van der Waals surface area contributed by atoms with E-state index in [1.807, 2.05) is 18.2 Å². The van der Waals surface area contributed by atoms with Crippen LogP contribution in [0.1, 0.15) is 72.1 Å². The van der Waals surface area contributed by atoms with E-state index in [0.29, 0.717) is 11.7 Å². The largest absolute Gasteiger partial charge is 0.512 e. The van der Waals surface area contributed by atoms with E-state index >= 15 is 0 Å². The zero-order chi connectivity index (χ0) is 22.2. The van der Waals surface area contributed by atoms with Gasteiger partial charge in [-0.3, -0.25) is 0 Å². The van der Waals surface area contributed by atoms with Gasteiger partial charge in [0, 0.05) is 11.6 Å². The summed E-state index contributed by atoms with van der Waals surface area (Å²) in [7, 11) is 1.69. The van der Waals surface area contributed by atoms with Crippen molar-refractivity contribution < 1.29 is 9.84 Å². The fourth-order valence-corrected chi connectivity index (χ4v) is 6.76. The van der Waals surface area contributed by atoms with Gasteiger partial charge < -0.3 is 9.84 Å². The first-order chi connectivity index (χ1) is 14.9. The normalized spacial score (nSPS) is 25.1. The summed E-state index contributed by atoms with van der Waals surface area (Å²) in [5, 5.41) is 13.4. The number of ether oxygens (including phenoxy) is 1. The number of hydrogen-bond acceptors (Lipinski definition) is 2. The molecule has 1 aromatic rings. The second-order valence-corrected chi connectivity index (χ2v) is 10.2. The molecule has 3 aliphatic rings. The first kappa shape index (κ1) is 22.0. The fraction of sp³-hybridized carbons (Fsp3) is 0.517. The van der Waals surface area contributed by atoms with Gasteiger partial charge in [-0.15, -0.1) is 0 Å². The second kappa shape index (κ2) is 8.37. The van der Waals surface area contributed by atoms with Gasteiger partial charge in [0.15, 0.2) is 0 Å². The number of aliphatic hydroxyl groups excluding tert-OH is 1. The maximum absolute atomic E-state index is 11.3. The van der Waals surface area contributed by atoms with Gasteiger partial charge in [-0.2, -0.15) is 0 Å². The topological polar surface area (TPSA) is 29.5 Å². The summed E-state index contributed by atoms with van der Waals surface area (Å²) < 4.78 is 5.48. The maximum atomic E-state index is 11.3. The van der Waals surface area contributed by atoms with Crippen molar-refractivity contribution >= 4 is 11.3 Å². The molecule has 0 heterocycles. The van der Waals surface area contributed by atoms with Crippen LogP contribution in [0.4, 0.5) is 0 Å². The average molecular weight is 419 g/mol. The molecule has 1 aromatic carbocycles. The van der Waals surface area contributed by atoms with E-state index in [4.69, 9.17) is 4.74 Å². The average Bonchev–Trinajstić information content (AvgIpc) is 2.74. The van der Waals surface area contributed by atoms with Crippen LogP contribution in [-0.2, 0) is 0 Å². The number of fused-ring (bicyclic) bond motifs is 3. The SMILES string of the molecule is C=C/C=C\C1=C(C)C(C)(C)C2(CCCCCCC2)[C@H]2CC(O)=c3cc(OC)ccc3=C12. The number of allylic oxidation sites excluding steroid dienone is 5. The lowest BCUT2D eigenvalue weighted by Crippen LogP contribution is -2.52. The summed E-state index contributed by atoms with van der Waals surface area (Å²) >= 11 is 0. The number of methoxy groups -OCH3 is 1. The zero-order valence-electron chi connectivity index (χ0n) is 19.8. The van der Waals surface area contributed by atoms with Gasteiger partial charge >= 0.3 is 0 Å². The number of hydrogen-bond donors (Lipinski definition) is 1. The van der Waals surface area contributed by atoms with Crippen molar-refractivity contribution in [2.75, 3.05) is 7.11 Å². The fourth-order valence-electron chi connectivity index (χ4n) is 6.76. The quantitative estimate of drug-likeness (QED) is 0.579. The highest BCUT2D eigenvalue weighted by molar-refractivity contribution is 5.78. The molecule has 0 aliphatic heterocycles. The lowest BCUT2D eigenvalue weighted by atomic mass is 9.45. The highest BCUT2D eigenvalue weighted by Gasteiger charge is 2.55. The Morgan fingerprint density at radius 3 is 2.39 bits per heavy atom. The Hall–Kier alpha value is -2.22. The van der Waals surface area contributed by atoms with Crippen molar-refractivity contribution in [2.24, 2.45) is 16.7 Å². The van der Waals surface area contributed by atoms with Crippen molar-refractivity contribution in [3.8, 4) is 5.75 Å². The number of rotatable bonds is 3. The lowest BCUT2D eigenvalue weighted by Gasteiger charge is -2.58. The predicted molar refractivity (Wildman–Crippen MR) is 130 cm³/mol. The smallest absolute Gasteiger partial charge is 0.119 e. The molecule has 0 saturated heterocycles. The third kappa shape index (κ3) is 3.39. The van der Waals surface area contributed by atoms with E-state index < -0.39 is 0 Å². The van der Waals surface area contributed by atoms with E-state index in [9.17, 15) is 5.11 Å². The number of aliphatic hydroxyl groups is 1. The van der Waals surface area contributed by atoms with Crippen molar-refractivity contribution in [1.82, 2.24) is 0 Å². The molecule has 2 heteroatoms. The minimum Gasteiger partial charge on any atom is -0.512 e. The summed E-state index contributed by atoms with van der Waals surface area (Å²) in [6.45, 7) is 11.2. The summed E-state index contributed by atoms with van der Waals surface area (Å²) in [6.07, 6.45) is 16.0. The standard InChI is InChI=1S/C29H38O2/c1-6-7-13-22-20(2)28(3,4)29(16-11-9-8-10-12-17-29)25-19-26(30)24-18-21(31-5)14-15-23(24)27(22)25/h6-7,13-15,18,25,30H,1,8-12,16-17,19H2,2-5H3/b13-7-/t25-/m0/s1. The van der Waals surface area contributed by atoms with Crippen molar-refractivity contribution in [3.05, 3.63) is 64.6 Å². The molecule has 0 amide bonds. The highest BCUT2D eigenvalue weighted by atomic mass is 16.5. The van der Waals surface area contributed by atoms with Crippen LogP contribution in [0.3, 0.4) is 0 Å². The van der Waals surface area contributed by atoms with Crippen LogP contribution in [0.2, 0.25) is 0 Å². The molecule has 166 valence electrons. The Morgan fingerprint density at radius 2 is 1.74 bits per heavy atom. The molecule has 1 atom stereocenters. The lowest BCUT2D eigenvalue weighted by molar-refractivity contribution is 0.0158. The Balaban J connectivity index is 2.08. The molecule has 1 N–H and O–H groups in total. The molecular weight excluding hydrogens is 380 g/mol. The summed E-state index contributed by atoms with van der Waals surface area (Å²) in [4.78, 5) is 0. The van der Waals surface area contributed by atoms with E-state index in [-0.39, 0.29) is 10.8 Å². The Kier molecular flexibility index (Phi) is 5.94. The zero-order valence-corrected chi connectivity index (χ0v) is 19.8. The maximum Gasteiger partial charge on any atom is 0.119 e. The Labute approximate surface area is 187 Å². The van der Waals surface area contributed by atoms with Crippen LogP contribution < -0.4 is 15.2 Å². The molecule has 1 saturated carbocycles. The van der Waals surface area contributed by atoms with Crippen molar-refractivity contribution in [2.45, 2.75) is 72.1 Å². The van der Waals surface area contributed by atoms with Crippen molar-refractivity contribution in [3.63, 3.8) is 0 Å². The van der Waals surface area contributed by atoms with Gasteiger partial charge in [-0.25, -0.2) is 0 Å². The van der Waals surface area contributed by atoms with Crippen LogP contribution in [0.25, 0.3) is 11.3 Å². The number of benzene rings is 1. The third-order valence-corrected chi connectivity index (χ3v) is 8.76. The predicted octanol–water partition coefficient (Wildman–Crippen LogP) is 6.36. The second-order valence-electron chi connectivity index (χ2n) is 10.2. The van der Waals surface area contributed by atoms with Gasteiger partial charge in [0.25, 0.3) is 0 Å². The van der Waals surface area contributed by atoms with Gasteiger partial charge in [-0.05, 0) is 65.0 Å². The van der Waals surface area contributed by atoms with Crippen molar-refractivity contribution in [1.29, 1.82) is 0 Å². The van der Waals surface area contributed by atoms with E-state index in [1.165, 1.54) is 66.9 Å². The molecule has 0 radical (unpaired) electrons. The van der Waals surface area contributed by atoms with Crippen LogP contribution in [0.15, 0.2) is 54.2 Å². The minimum absolute atomic E-state index is 0.0730. The monoisotopic (exact) mass is 418 g/mol. The molecule has 31 heavy (non-hydrogen) atoms. The highest BCUT2D eigenvalue weighted by Crippen LogP contribution is 2.64. The van der Waals surface area contributed by atoms with Crippen LogP contribution in [0.5, 0.6) is 5.75 Å². The third-order valence-electron chi connectivity index (χ3n) is 8.76. The Morgan fingerprint density at radius 1 is 1.06 bits per heavy atom.